The molecule has 0 unspecified atom stereocenters. The van der Waals surface area contributed by atoms with Crippen molar-refractivity contribution in [3.63, 3.8) is 0 Å². The summed E-state index contributed by atoms with van der Waals surface area (Å²) < 4.78 is 33.8. The third-order valence-electron chi connectivity index (χ3n) is 2.87. The summed E-state index contributed by atoms with van der Waals surface area (Å²) in [6.07, 6.45) is 2.74. The quantitative estimate of drug-likeness (QED) is 0.415. The first-order chi connectivity index (χ1) is 10.0. The number of hydrogen-bond acceptors (Lipinski definition) is 4. The molecule has 0 heterocycles. The van der Waals surface area contributed by atoms with Crippen molar-refractivity contribution in [3.05, 3.63) is 65.9 Å². The Morgan fingerprint density at radius 3 is 2.09 bits per heavy atom. The molecule has 2 aromatic rings. The van der Waals surface area contributed by atoms with E-state index in [-0.39, 0.29) is 28.6 Å². The molecule has 2 aromatic carbocycles. The van der Waals surface area contributed by atoms with Gasteiger partial charge < -0.3 is 8.92 Å². The number of methoxy groups -OCH3 is 1. The van der Waals surface area contributed by atoms with Gasteiger partial charge in [-0.2, -0.15) is 8.42 Å². The maximum Gasteiger partial charge on any atom is 0.338 e. The van der Waals surface area contributed by atoms with Crippen LogP contribution in [0.15, 0.2) is 59.7 Å². The smallest absolute Gasteiger partial charge is 0.338 e. The number of hydrogen-bond donors (Lipinski definition) is 0. The number of benzene rings is 2. The van der Waals surface area contributed by atoms with E-state index in [2.05, 4.69) is 0 Å². The molecular weight excluding hydrogens is 416 g/mol. The van der Waals surface area contributed by atoms with Crippen molar-refractivity contribution in [3.8, 4) is 5.75 Å². The Morgan fingerprint density at radius 2 is 1.55 bits per heavy atom. The second kappa shape index (κ2) is 8.23. The second-order valence-corrected chi connectivity index (χ2v) is 6.01. The molecule has 0 atom stereocenters. The predicted octanol–water partition coefficient (Wildman–Crippen LogP) is 3.00. The van der Waals surface area contributed by atoms with E-state index >= 15 is 0 Å². The van der Waals surface area contributed by atoms with Crippen LogP contribution >= 0.6 is 0 Å². The molecular formula is C16H16O4STe. The van der Waals surface area contributed by atoms with Crippen LogP contribution < -0.4 is 4.74 Å². The third kappa shape index (κ3) is 5.06. The molecule has 0 amide bonds. The van der Waals surface area contributed by atoms with Gasteiger partial charge in [-0.05, 0) is 42.8 Å². The first-order valence-corrected chi connectivity index (χ1v) is 7.73. The first-order valence-electron chi connectivity index (χ1n) is 6.32. The molecule has 0 saturated heterocycles. The zero-order chi connectivity index (χ0) is 15.3. The fourth-order valence-electron chi connectivity index (χ4n) is 1.65. The van der Waals surface area contributed by atoms with E-state index in [1.807, 2.05) is 6.92 Å². The van der Waals surface area contributed by atoms with Crippen LogP contribution in [-0.2, 0) is 14.3 Å². The standard InChI is InChI=1S/C16H16O4S.Te/c1-13-3-9-16(10-4-13)21(17,18)20-12-11-14-5-7-15(19-2)8-6-14;/h3-12H,1-2H3;. The van der Waals surface area contributed by atoms with Crippen molar-refractivity contribution in [2.24, 2.45) is 0 Å². The Labute approximate surface area is 147 Å². The van der Waals surface area contributed by atoms with Gasteiger partial charge in [0.2, 0.25) is 0 Å². The van der Waals surface area contributed by atoms with Crippen LogP contribution in [0.1, 0.15) is 11.1 Å². The van der Waals surface area contributed by atoms with E-state index in [0.717, 1.165) is 23.1 Å². The zero-order valence-electron chi connectivity index (χ0n) is 12.2. The number of aryl methyl sites for hydroxylation is 1. The zero-order valence-corrected chi connectivity index (χ0v) is 15.4. The van der Waals surface area contributed by atoms with E-state index < -0.39 is 10.1 Å². The Kier molecular flexibility index (Phi) is 6.95. The van der Waals surface area contributed by atoms with E-state index in [0.29, 0.717) is 0 Å². The molecule has 2 radical (unpaired) electrons. The van der Waals surface area contributed by atoms with Gasteiger partial charge in [0, 0.05) is 23.7 Å². The van der Waals surface area contributed by atoms with Crippen LogP contribution in [0.25, 0.3) is 6.08 Å². The Hall–Kier alpha value is -1.48. The molecule has 6 heteroatoms. The number of rotatable bonds is 5. The van der Waals surface area contributed by atoms with Crippen molar-refractivity contribution < 1.29 is 17.3 Å². The minimum atomic E-state index is -3.77. The molecule has 4 nitrogen and oxygen atoms in total. The van der Waals surface area contributed by atoms with Gasteiger partial charge in [0.15, 0.2) is 0 Å². The van der Waals surface area contributed by atoms with E-state index in [1.165, 1.54) is 12.1 Å². The fourth-order valence-corrected chi connectivity index (χ4v) is 2.44. The maximum absolute atomic E-state index is 11.9. The van der Waals surface area contributed by atoms with Gasteiger partial charge in [0.05, 0.1) is 7.11 Å². The summed E-state index contributed by atoms with van der Waals surface area (Å²) in [6, 6.07) is 13.7. The summed E-state index contributed by atoms with van der Waals surface area (Å²) >= 11 is 0. The van der Waals surface area contributed by atoms with Crippen LogP contribution in [-0.4, -0.2) is 39.2 Å². The average molecular weight is 432 g/mol. The summed E-state index contributed by atoms with van der Waals surface area (Å²) in [7, 11) is -2.19. The largest absolute Gasteiger partial charge is 0.497 e. The summed E-state index contributed by atoms with van der Waals surface area (Å²) in [5, 5.41) is 0. The van der Waals surface area contributed by atoms with Gasteiger partial charge in [-0.25, -0.2) is 0 Å². The Morgan fingerprint density at radius 1 is 0.955 bits per heavy atom. The van der Waals surface area contributed by atoms with Crippen molar-refractivity contribution in [2.75, 3.05) is 7.11 Å². The van der Waals surface area contributed by atoms with E-state index in [4.69, 9.17) is 8.92 Å². The van der Waals surface area contributed by atoms with Gasteiger partial charge in [-0.3, -0.25) is 0 Å². The van der Waals surface area contributed by atoms with Gasteiger partial charge in [-0.1, -0.05) is 29.8 Å². The molecule has 0 bridgehead atoms. The van der Waals surface area contributed by atoms with Crippen molar-refractivity contribution in [1.29, 1.82) is 0 Å². The summed E-state index contributed by atoms with van der Waals surface area (Å²) in [5.41, 5.74) is 1.80. The summed E-state index contributed by atoms with van der Waals surface area (Å²) in [5.74, 6) is 0.736. The predicted molar refractivity (Wildman–Crippen MR) is 87.2 cm³/mol. The molecule has 0 aromatic heterocycles. The maximum atomic E-state index is 11.9. The molecule has 0 aliphatic carbocycles. The van der Waals surface area contributed by atoms with Crippen LogP contribution in [0.4, 0.5) is 0 Å². The molecule has 0 aliphatic heterocycles. The van der Waals surface area contributed by atoms with Gasteiger partial charge in [-0.15, -0.1) is 0 Å². The van der Waals surface area contributed by atoms with Crippen molar-refractivity contribution in [1.82, 2.24) is 0 Å². The van der Waals surface area contributed by atoms with Crippen LogP contribution in [0.3, 0.4) is 0 Å². The second-order valence-electron chi connectivity index (χ2n) is 4.44. The molecule has 0 fully saturated rings. The minimum absolute atomic E-state index is 0. The van der Waals surface area contributed by atoms with Crippen LogP contribution in [0, 0.1) is 6.92 Å². The topological polar surface area (TPSA) is 52.6 Å². The number of ether oxygens (including phenoxy) is 1. The molecule has 2 rings (SSSR count). The van der Waals surface area contributed by atoms with Crippen LogP contribution in [0.2, 0.25) is 0 Å². The van der Waals surface area contributed by atoms with Gasteiger partial charge in [0.25, 0.3) is 0 Å². The van der Waals surface area contributed by atoms with Crippen molar-refractivity contribution >= 4 is 39.9 Å². The summed E-state index contributed by atoms with van der Waals surface area (Å²) in [6.45, 7) is 1.89. The molecule has 0 N–H and O–H groups in total. The molecule has 0 spiro atoms. The van der Waals surface area contributed by atoms with Gasteiger partial charge >= 0.3 is 10.1 Å². The molecule has 0 aliphatic rings. The van der Waals surface area contributed by atoms with E-state index in [1.54, 1.807) is 49.6 Å². The normalized spacial score (nSPS) is 11.0. The first kappa shape index (κ1) is 18.6. The minimum Gasteiger partial charge on any atom is -0.497 e. The third-order valence-corrected chi connectivity index (χ3v) is 4.08. The van der Waals surface area contributed by atoms with Crippen molar-refractivity contribution in [2.45, 2.75) is 11.8 Å². The average Bonchev–Trinajstić information content (AvgIpc) is 2.48. The SMILES string of the molecule is COc1ccc(C=COS(=O)(=O)c2ccc(C)cc2)cc1.[Te]. The molecule has 22 heavy (non-hydrogen) atoms. The fraction of sp³-hybridized carbons (Fsp3) is 0.125. The molecule has 0 saturated carbocycles. The van der Waals surface area contributed by atoms with Gasteiger partial charge in [0.1, 0.15) is 16.9 Å². The Bertz CT molecular complexity index is 720. The Balaban J connectivity index is 0.00000242. The summed E-state index contributed by atoms with van der Waals surface area (Å²) in [4.78, 5) is 0.132. The van der Waals surface area contributed by atoms with E-state index in [9.17, 15) is 8.42 Å². The van der Waals surface area contributed by atoms with Crippen LogP contribution in [0.5, 0.6) is 5.75 Å². The monoisotopic (exact) mass is 434 g/mol. The molecule has 116 valence electrons.